The molecule has 0 aliphatic rings. The number of aromatic hydroxyl groups is 1. The Morgan fingerprint density at radius 2 is 1.55 bits per heavy atom. The van der Waals surface area contributed by atoms with Gasteiger partial charge in [-0.1, -0.05) is 29.1 Å². The Kier molecular flexibility index (Phi) is 5.60. The fraction of sp³-hybridized carbons (Fsp3) is 0. The highest BCUT2D eigenvalue weighted by Crippen LogP contribution is 2.34. The quantitative estimate of drug-likeness (QED) is 0.305. The maximum absolute atomic E-state index is 11.5. The molecule has 2 aromatic carbocycles. The molecule has 15 heteroatoms. The third-order valence-corrected chi connectivity index (χ3v) is 5.64. The summed E-state index contributed by atoms with van der Waals surface area (Å²) >= 11 is 0. The van der Waals surface area contributed by atoms with E-state index in [-0.39, 0.29) is 16.8 Å². The van der Waals surface area contributed by atoms with Gasteiger partial charge in [-0.05, 0) is 35.1 Å². The SMILES string of the molecule is O=C(O)c1nn(N=Nc2ccccc2S(=O)(=O)O)c(O)c1-c1ccc(S(=O)(=O)O)cc1. The van der Waals surface area contributed by atoms with Crippen molar-refractivity contribution < 1.29 is 40.9 Å². The molecule has 3 rings (SSSR count). The molecule has 31 heavy (non-hydrogen) atoms. The second-order valence-electron chi connectivity index (χ2n) is 5.87. The van der Waals surface area contributed by atoms with E-state index in [1.165, 1.54) is 18.2 Å². The molecule has 0 bridgehead atoms. The second-order valence-corrected chi connectivity index (χ2v) is 8.68. The Morgan fingerprint density at radius 1 is 0.935 bits per heavy atom. The van der Waals surface area contributed by atoms with Gasteiger partial charge in [0.25, 0.3) is 20.2 Å². The van der Waals surface area contributed by atoms with Crippen LogP contribution in [0, 0.1) is 0 Å². The number of benzene rings is 2. The smallest absolute Gasteiger partial charge is 0.357 e. The lowest BCUT2D eigenvalue weighted by molar-refractivity contribution is 0.0690. The summed E-state index contributed by atoms with van der Waals surface area (Å²) in [4.78, 5) is 10.9. The number of aromatic nitrogens is 2. The molecule has 0 aliphatic carbocycles. The van der Waals surface area contributed by atoms with Crippen molar-refractivity contribution in [2.75, 3.05) is 0 Å². The minimum atomic E-state index is -4.63. The Morgan fingerprint density at radius 3 is 2.10 bits per heavy atom. The monoisotopic (exact) mass is 468 g/mol. The molecule has 0 amide bonds. The molecule has 0 spiro atoms. The third kappa shape index (κ3) is 4.58. The maximum atomic E-state index is 11.5. The molecule has 3 aromatic rings. The number of carboxylic acids is 1. The van der Waals surface area contributed by atoms with Crippen molar-refractivity contribution >= 4 is 31.9 Å². The van der Waals surface area contributed by atoms with Gasteiger partial charge in [0.05, 0.1) is 10.5 Å². The minimum absolute atomic E-state index is 0.0297. The highest BCUT2D eigenvalue weighted by atomic mass is 32.2. The van der Waals surface area contributed by atoms with Gasteiger partial charge in [-0.15, -0.1) is 10.2 Å². The summed E-state index contributed by atoms with van der Waals surface area (Å²) in [6.45, 7) is 0. The molecule has 1 aromatic heterocycles. The Bertz CT molecular complexity index is 1410. The van der Waals surface area contributed by atoms with Gasteiger partial charge in [-0.3, -0.25) is 9.11 Å². The van der Waals surface area contributed by atoms with Crippen molar-refractivity contribution in [2.45, 2.75) is 9.79 Å². The maximum Gasteiger partial charge on any atom is 0.357 e. The zero-order valence-corrected chi connectivity index (χ0v) is 16.7. The fourth-order valence-corrected chi connectivity index (χ4v) is 3.62. The Balaban J connectivity index is 2.10. The second kappa shape index (κ2) is 7.88. The van der Waals surface area contributed by atoms with Gasteiger partial charge in [0.1, 0.15) is 10.6 Å². The van der Waals surface area contributed by atoms with Crippen LogP contribution in [-0.2, 0) is 20.2 Å². The molecular formula is C16H12N4O9S2. The summed E-state index contributed by atoms with van der Waals surface area (Å²) in [5, 5.41) is 30.4. The van der Waals surface area contributed by atoms with Crippen LogP contribution >= 0.6 is 0 Å². The topological polar surface area (TPSA) is 209 Å². The normalized spacial score (nSPS) is 12.3. The zero-order chi connectivity index (χ0) is 23.0. The predicted molar refractivity (Wildman–Crippen MR) is 102 cm³/mol. The number of rotatable bonds is 6. The summed E-state index contributed by atoms with van der Waals surface area (Å²) < 4.78 is 63.4. The molecule has 0 radical (unpaired) electrons. The first kappa shape index (κ1) is 22.0. The van der Waals surface area contributed by atoms with E-state index in [0.717, 1.165) is 30.3 Å². The molecule has 1 heterocycles. The van der Waals surface area contributed by atoms with Crippen LogP contribution in [0.25, 0.3) is 11.1 Å². The van der Waals surface area contributed by atoms with Crippen molar-refractivity contribution in [3.05, 3.63) is 54.2 Å². The van der Waals surface area contributed by atoms with Crippen LogP contribution in [-0.4, -0.2) is 52.0 Å². The van der Waals surface area contributed by atoms with E-state index in [1.807, 2.05) is 0 Å². The Hall–Kier alpha value is -3.66. The van der Waals surface area contributed by atoms with E-state index in [2.05, 4.69) is 15.4 Å². The van der Waals surface area contributed by atoms with Gasteiger partial charge in [0.15, 0.2) is 5.69 Å². The lowest BCUT2D eigenvalue weighted by atomic mass is 10.1. The number of carboxylic acid groups (broad SMARTS) is 1. The summed E-state index contributed by atoms with van der Waals surface area (Å²) in [6.07, 6.45) is 0. The average Bonchev–Trinajstić information content (AvgIpc) is 3.02. The summed E-state index contributed by atoms with van der Waals surface area (Å²) in [7, 11) is -9.12. The summed E-state index contributed by atoms with van der Waals surface area (Å²) in [5.74, 6) is -2.36. The lowest BCUT2D eigenvalue weighted by Crippen LogP contribution is -2.01. The lowest BCUT2D eigenvalue weighted by Gasteiger charge is -2.02. The highest BCUT2D eigenvalue weighted by Gasteiger charge is 2.25. The van der Waals surface area contributed by atoms with E-state index in [4.69, 9.17) is 4.55 Å². The van der Waals surface area contributed by atoms with Crippen LogP contribution in [0.15, 0.2) is 68.7 Å². The van der Waals surface area contributed by atoms with Crippen molar-refractivity contribution in [3.8, 4) is 17.0 Å². The van der Waals surface area contributed by atoms with Crippen LogP contribution in [0.5, 0.6) is 5.88 Å². The van der Waals surface area contributed by atoms with Gasteiger partial charge in [-0.2, -0.15) is 16.8 Å². The number of carbonyl (C=O) groups is 1. The molecule has 4 N–H and O–H groups in total. The molecule has 0 saturated heterocycles. The molecule has 0 aliphatic heterocycles. The van der Waals surface area contributed by atoms with E-state index in [9.17, 15) is 36.4 Å². The van der Waals surface area contributed by atoms with Gasteiger partial charge in [-0.25, -0.2) is 4.79 Å². The molecule has 0 fully saturated rings. The van der Waals surface area contributed by atoms with Gasteiger partial charge < -0.3 is 10.2 Å². The summed E-state index contributed by atoms with van der Waals surface area (Å²) in [5.41, 5.74) is -1.28. The molecule has 162 valence electrons. The van der Waals surface area contributed by atoms with Crippen LogP contribution in [0.1, 0.15) is 10.5 Å². The molecule has 0 atom stereocenters. The third-order valence-electron chi connectivity index (χ3n) is 3.87. The fourth-order valence-electron chi connectivity index (χ4n) is 2.52. The predicted octanol–water partition coefficient (Wildman–Crippen LogP) is 1.99. The first-order valence-corrected chi connectivity index (χ1v) is 10.9. The van der Waals surface area contributed by atoms with E-state index >= 15 is 0 Å². The average molecular weight is 468 g/mol. The molecule has 0 saturated carbocycles. The number of nitrogens with zero attached hydrogens (tertiary/aromatic N) is 4. The van der Waals surface area contributed by atoms with Crippen molar-refractivity contribution in [1.29, 1.82) is 0 Å². The standard InChI is InChI=1S/C16H12N4O9S2/c21-15-13(9-5-7-10(8-6-9)30(24,25)26)14(16(22)23)18-20(15)19-17-11-3-1-2-4-12(11)31(27,28)29/h1-8,21H,(H,22,23)(H,24,25,26)(H,27,28,29). The van der Waals surface area contributed by atoms with Gasteiger partial charge in [0, 0.05) is 0 Å². The van der Waals surface area contributed by atoms with E-state index < -0.39 is 47.6 Å². The van der Waals surface area contributed by atoms with Gasteiger partial charge >= 0.3 is 5.97 Å². The molecule has 0 unspecified atom stereocenters. The van der Waals surface area contributed by atoms with Gasteiger partial charge in [0.2, 0.25) is 5.88 Å². The first-order valence-electron chi connectivity index (χ1n) is 8.01. The van der Waals surface area contributed by atoms with Crippen LogP contribution < -0.4 is 0 Å². The summed E-state index contributed by atoms with van der Waals surface area (Å²) in [6, 6.07) is 9.19. The van der Waals surface area contributed by atoms with Crippen molar-refractivity contribution in [3.63, 3.8) is 0 Å². The zero-order valence-electron chi connectivity index (χ0n) is 15.1. The van der Waals surface area contributed by atoms with Crippen LogP contribution in [0.2, 0.25) is 0 Å². The van der Waals surface area contributed by atoms with Crippen molar-refractivity contribution in [2.24, 2.45) is 10.3 Å². The number of aromatic carboxylic acids is 1. The molecular weight excluding hydrogens is 456 g/mol. The largest absolute Gasteiger partial charge is 0.492 e. The number of hydrogen-bond acceptors (Lipinski definition) is 9. The van der Waals surface area contributed by atoms with E-state index in [1.54, 1.807) is 0 Å². The number of hydrogen-bond donors (Lipinski definition) is 4. The van der Waals surface area contributed by atoms with Crippen molar-refractivity contribution in [1.82, 2.24) is 9.89 Å². The van der Waals surface area contributed by atoms with E-state index in [0.29, 0.717) is 4.79 Å². The first-order chi connectivity index (χ1) is 14.4. The highest BCUT2D eigenvalue weighted by molar-refractivity contribution is 7.86. The van der Waals surface area contributed by atoms with Crippen LogP contribution in [0.4, 0.5) is 5.69 Å². The van der Waals surface area contributed by atoms with Crippen LogP contribution in [0.3, 0.4) is 0 Å². The minimum Gasteiger partial charge on any atom is -0.492 e. The Labute approximate surface area is 174 Å². The molecule has 13 nitrogen and oxygen atoms in total.